The zero-order valence-corrected chi connectivity index (χ0v) is 10.6. The molecule has 19 heavy (non-hydrogen) atoms. The highest BCUT2D eigenvalue weighted by Crippen LogP contribution is 2.19. The van der Waals surface area contributed by atoms with E-state index in [1.807, 2.05) is 6.07 Å². The molecule has 0 saturated heterocycles. The van der Waals surface area contributed by atoms with Crippen molar-refractivity contribution in [2.24, 2.45) is 0 Å². The van der Waals surface area contributed by atoms with E-state index in [4.69, 9.17) is 0 Å². The molecule has 3 N–H and O–H groups in total. The van der Waals surface area contributed by atoms with Gasteiger partial charge in [0.05, 0.1) is 23.5 Å². The van der Waals surface area contributed by atoms with Crippen molar-refractivity contribution in [1.82, 2.24) is 15.3 Å². The highest BCUT2D eigenvalue weighted by molar-refractivity contribution is 5.97. The van der Waals surface area contributed by atoms with Crippen LogP contribution in [-0.4, -0.2) is 33.1 Å². The quantitative estimate of drug-likeness (QED) is 0.766. The monoisotopic (exact) mass is 259 g/mol. The van der Waals surface area contributed by atoms with E-state index in [2.05, 4.69) is 15.3 Å². The van der Waals surface area contributed by atoms with Crippen LogP contribution in [0.15, 0.2) is 24.5 Å². The van der Waals surface area contributed by atoms with E-state index >= 15 is 0 Å². The Morgan fingerprint density at radius 2 is 2.32 bits per heavy atom. The number of nitrogens with zero attached hydrogens (tertiary/aromatic N) is 1. The minimum atomic E-state index is -0.283. The first-order valence-electron chi connectivity index (χ1n) is 6.64. The number of aliphatic hydroxyl groups is 1. The van der Waals surface area contributed by atoms with Gasteiger partial charge in [0, 0.05) is 11.6 Å². The Bertz CT molecular complexity index is 593. The van der Waals surface area contributed by atoms with Gasteiger partial charge in [0.1, 0.15) is 0 Å². The fourth-order valence-corrected chi connectivity index (χ4v) is 2.64. The Morgan fingerprint density at radius 1 is 1.42 bits per heavy atom. The maximum Gasteiger partial charge on any atom is 0.251 e. The number of aromatic amines is 1. The summed E-state index contributed by atoms with van der Waals surface area (Å²) in [5.74, 6) is -0.0874. The number of H-pyrrole nitrogens is 1. The van der Waals surface area contributed by atoms with Crippen molar-refractivity contribution in [2.75, 3.05) is 0 Å². The van der Waals surface area contributed by atoms with E-state index < -0.39 is 0 Å². The lowest BCUT2D eigenvalue weighted by atomic mass is 9.93. The molecule has 1 heterocycles. The van der Waals surface area contributed by atoms with E-state index in [-0.39, 0.29) is 18.1 Å². The number of imidazole rings is 1. The van der Waals surface area contributed by atoms with Crippen LogP contribution in [0.4, 0.5) is 0 Å². The third kappa shape index (κ3) is 2.61. The molecule has 1 amide bonds. The van der Waals surface area contributed by atoms with Crippen molar-refractivity contribution in [1.29, 1.82) is 0 Å². The first-order chi connectivity index (χ1) is 9.22. The van der Waals surface area contributed by atoms with Crippen LogP contribution >= 0.6 is 0 Å². The molecule has 2 atom stereocenters. The number of rotatable bonds is 2. The Kier molecular flexibility index (Phi) is 3.21. The maximum absolute atomic E-state index is 12.2. The molecule has 1 aromatic carbocycles. The lowest BCUT2D eigenvalue weighted by molar-refractivity contribution is 0.0850. The molecular formula is C14H17N3O2. The largest absolute Gasteiger partial charge is 0.393 e. The molecule has 0 radical (unpaired) electrons. The highest BCUT2D eigenvalue weighted by atomic mass is 16.3. The number of carbonyl (C=O) groups is 1. The number of fused-ring (bicyclic) bond motifs is 1. The molecule has 5 nitrogen and oxygen atoms in total. The van der Waals surface area contributed by atoms with Gasteiger partial charge in [-0.05, 0) is 43.9 Å². The summed E-state index contributed by atoms with van der Waals surface area (Å²) >= 11 is 0. The van der Waals surface area contributed by atoms with E-state index in [1.54, 1.807) is 18.5 Å². The van der Waals surface area contributed by atoms with Gasteiger partial charge >= 0.3 is 0 Å². The van der Waals surface area contributed by atoms with Gasteiger partial charge in [-0.25, -0.2) is 4.98 Å². The van der Waals surface area contributed by atoms with Crippen molar-refractivity contribution < 1.29 is 9.90 Å². The molecule has 1 aromatic heterocycles. The maximum atomic E-state index is 12.2. The van der Waals surface area contributed by atoms with E-state index in [9.17, 15) is 9.90 Å². The summed E-state index contributed by atoms with van der Waals surface area (Å²) in [6.07, 6.45) is 4.73. The second kappa shape index (κ2) is 5.01. The molecule has 1 saturated carbocycles. The van der Waals surface area contributed by atoms with Crippen LogP contribution in [0.2, 0.25) is 0 Å². The molecule has 0 unspecified atom stereocenters. The van der Waals surface area contributed by atoms with Gasteiger partial charge < -0.3 is 15.4 Å². The molecule has 0 spiro atoms. The van der Waals surface area contributed by atoms with Crippen LogP contribution in [0, 0.1) is 0 Å². The summed E-state index contributed by atoms with van der Waals surface area (Å²) in [5, 5.41) is 12.6. The standard InChI is InChI=1S/C14H17N3O2/c18-11-3-1-2-10(7-11)17-14(19)9-4-5-12-13(6-9)16-8-15-12/h4-6,8,10-11,18H,1-3,7H2,(H,15,16)(H,17,19)/t10-,11+/m0/s1. The SMILES string of the molecule is O=C(N[C@H]1CCC[C@@H](O)C1)c1ccc2nc[nH]c2c1. The zero-order valence-electron chi connectivity index (χ0n) is 10.6. The second-order valence-electron chi connectivity index (χ2n) is 5.13. The predicted octanol–water partition coefficient (Wildman–Crippen LogP) is 1.60. The predicted molar refractivity (Wildman–Crippen MR) is 71.8 cm³/mol. The van der Waals surface area contributed by atoms with Crippen LogP contribution < -0.4 is 5.32 Å². The lowest BCUT2D eigenvalue weighted by Gasteiger charge is -2.26. The number of hydrogen-bond acceptors (Lipinski definition) is 3. The summed E-state index contributed by atoms with van der Waals surface area (Å²) in [7, 11) is 0. The number of benzene rings is 1. The van der Waals surface area contributed by atoms with Crippen molar-refractivity contribution >= 4 is 16.9 Å². The van der Waals surface area contributed by atoms with Gasteiger partial charge in [0.2, 0.25) is 0 Å². The molecule has 5 heteroatoms. The summed E-state index contributed by atoms with van der Waals surface area (Å²) < 4.78 is 0. The fourth-order valence-electron chi connectivity index (χ4n) is 2.64. The summed E-state index contributed by atoms with van der Waals surface area (Å²) in [6, 6.07) is 5.49. The lowest BCUT2D eigenvalue weighted by Crippen LogP contribution is -2.39. The Balaban J connectivity index is 1.72. The van der Waals surface area contributed by atoms with Crippen molar-refractivity contribution in [2.45, 2.75) is 37.8 Å². The molecule has 3 rings (SSSR count). The van der Waals surface area contributed by atoms with Crippen LogP contribution in [0.25, 0.3) is 11.0 Å². The first-order valence-corrected chi connectivity index (χ1v) is 6.64. The van der Waals surface area contributed by atoms with Crippen LogP contribution in [0.3, 0.4) is 0 Å². The molecule has 1 aliphatic carbocycles. The summed E-state index contributed by atoms with van der Waals surface area (Å²) in [4.78, 5) is 19.3. The molecule has 1 fully saturated rings. The number of aliphatic hydroxyl groups excluding tert-OH is 1. The van der Waals surface area contributed by atoms with E-state index in [0.29, 0.717) is 12.0 Å². The minimum absolute atomic E-state index is 0.0775. The normalized spacial score (nSPS) is 23.4. The number of amides is 1. The Morgan fingerprint density at radius 3 is 3.16 bits per heavy atom. The third-order valence-electron chi connectivity index (χ3n) is 3.66. The smallest absolute Gasteiger partial charge is 0.251 e. The second-order valence-corrected chi connectivity index (χ2v) is 5.13. The third-order valence-corrected chi connectivity index (χ3v) is 3.66. The Labute approximate surface area is 111 Å². The molecule has 0 aliphatic heterocycles. The van der Waals surface area contributed by atoms with Crippen LogP contribution in [-0.2, 0) is 0 Å². The van der Waals surface area contributed by atoms with Crippen molar-refractivity contribution in [3.05, 3.63) is 30.1 Å². The van der Waals surface area contributed by atoms with Gasteiger partial charge in [-0.15, -0.1) is 0 Å². The highest BCUT2D eigenvalue weighted by Gasteiger charge is 2.22. The number of aromatic nitrogens is 2. The summed E-state index contributed by atoms with van der Waals surface area (Å²) in [5.41, 5.74) is 2.33. The molecular weight excluding hydrogens is 242 g/mol. The van der Waals surface area contributed by atoms with Crippen LogP contribution in [0.5, 0.6) is 0 Å². The van der Waals surface area contributed by atoms with E-state index in [0.717, 1.165) is 30.3 Å². The van der Waals surface area contributed by atoms with Crippen LogP contribution in [0.1, 0.15) is 36.0 Å². The van der Waals surface area contributed by atoms with E-state index in [1.165, 1.54) is 0 Å². The zero-order chi connectivity index (χ0) is 13.2. The average Bonchev–Trinajstić information content (AvgIpc) is 2.85. The number of carbonyl (C=O) groups excluding carboxylic acids is 1. The van der Waals surface area contributed by atoms with Gasteiger partial charge in [-0.1, -0.05) is 0 Å². The van der Waals surface area contributed by atoms with Gasteiger partial charge in [-0.3, -0.25) is 4.79 Å². The number of nitrogens with one attached hydrogen (secondary N) is 2. The van der Waals surface area contributed by atoms with Crippen molar-refractivity contribution in [3.8, 4) is 0 Å². The molecule has 1 aliphatic rings. The first kappa shape index (κ1) is 12.2. The Hall–Kier alpha value is -1.88. The average molecular weight is 259 g/mol. The topological polar surface area (TPSA) is 78.0 Å². The van der Waals surface area contributed by atoms with Gasteiger partial charge in [0.15, 0.2) is 0 Å². The molecule has 0 bridgehead atoms. The van der Waals surface area contributed by atoms with Crippen molar-refractivity contribution in [3.63, 3.8) is 0 Å². The molecule has 2 aromatic rings. The fraction of sp³-hybridized carbons (Fsp3) is 0.429. The minimum Gasteiger partial charge on any atom is -0.393 e. The van der Waals surface area contributed by atoms with Gasteiger partial charge in [0.25, 0.3) is 5.91 Å². The van der Waals surface area contributed by atoms with Gasteiger partial charge in [-0.2, -0.15) is 0 Å². The molecule has 100 valence electrons. The summed E-state index contributed by atoms with van der Waals surface area (Å²) in [6.45, 7) is 0. The number of hydrogen-bond donors (Lipinski definition) is 3.